The maximum atomic E-state index is 11.2. The standard InChI is InChI=1S/C12H22N2O2/c1-4-6-7-11(12(15)16)14(5-2)9-10(3)8-13/h10-11H,4-7,9H2,1-3H3,(H,15,16). The van der Waals surface area contributed by atoms with E-state index >= 15 is 0 Å². The molecule has 0 saturated heterocycles. The van der Waals surface area contributed by atoms with Gasteiger partial charge in [-0.05, 0) is 19.9 Å². The number of carboxylic acid groups (broad SMARTS) is 1. The summed E-state index contributed by atoms with van der Waals surface area (Å²) in [5, 5.41) is 17.9. The fourth-order valence-electron chi connectivity index (χ4n) is 1.73. The van der Waals surface area contributed by atoms with Crippen LogP contribution in [0.5, 0.6) is 0 Å². The number of nitrogens with zero attached hydrogens (tertiary/aromatic N) is 2. The highest BCUT2D eigenvalue weighted by molar-refractivity contribution is 5.73. The number of aliphatic carboxylic acids is 1. The van der Waals surface area contributed by atoms with Crippen LogP contribution in [-0.2, 0) is 4.79 Å². The summed E-state index contributed by atoms with van der Waals surface area (Å²) in [6, 6.07) is 1.70. The monoisotopic (exact) mass is 226 g/mol. The van der Waals surface area contributed by atoms with Crippen molar-refractivity contribution in [2.75, 3.05) is 13.1 Å². The average molecular weight is 226 g/mol. The third-order valence-electron chi connectivity index (χ3n) is 2.69. The molecular formula is C12H22N2O2. The van der Waals surface area contributed by atoms with Gasteiger partial charge in [0.05, 0.1) is 12.0 Å². The lowest BCUT2D eigenvalue weighted by atomic mass is 10.1. The van der Waals surface area contributed by atoms with Crippen LogP contribution in [0.4, 0.5) is 0 Å². The number of carbonyl (C=O) groups is 1. The van der Waals surface area contributed by atoms with Crippen molar-refractivity contribution in [3.8, 4) is 6.07 Å². The first-order chi connectivity index (χ1) is 7.56. The highest BCUT2D eigenvalue weighted by atomic mass is 16.4. The molecule has 4 nitrogen and oxygen atoms in total. The minimum absolute atomic E-state index is 0.122. The van der Waals surface area contributed by atoms with Crippen molar-refractivity contribution in [3.05, 3.63) is 0 Å². The third kappa shape index (κ3) is 5.13. The zero-order valence-electron chi connectivity index (χ0n) is 10.4. The molecule has 0 aromatic rings. The lowest BCUT2D eigenvalue weighted by molar-refractivity contribution is -0.143. The van der Waals surface area contributed by atoms with Gasteiger partial charge in [-0.3, -0.25) is 9.69 Å². The Hall–Kier alpha value is -1.08. The maximum absolute atomic E-state index is 11.2. The summed E-state index contributed by atoms with van der Waals surface area (Å²) in [6.07, 6.45) is 2.57. The Morgan fingerprint density at radius 1 is 1.50 bits per heavy atom. The average Bonchev–Trinajstić information content (AvgIpc) is 2.27. The number of hydrogen-bond donors (Lipinski definition) is 1. The van der Waals surface area contributed by atoms with Gasteiger partial charge in [-0.1, -0.05) is 26.7 Å². The fourth-order valence-corrected chi connectivity index (χ4v) is 1.73. The third-order valence-corrected chi connectivity index (χ3v) is 2.69. The van der Waals surface area contributed by atoms with E-state index in [1.165, 1.54) is 0 Å². The molecule has 0 aliphatic rings. The zero-order chi connectivity index (χ0) is 12.6. The SMILES string of the molecule is CCCCC(C(=O)O)N(CC)CC(C)C#N. The van der Waals surface area contributed by atoms with E-state index in [4.69, 9.17) is 10.4 Å². The Kier molecular flexibility index (Phi) is 7.57. The molecule has 4 heteroatoms. The predicted molar refractivity (Wildman–Crippen MR) is 63.0 cm³/mol. The molecule has 0 heterocycles. The van der Waals surface area contributed by atoms with Crippen LogP contribution in [0.25, 0.3) is 0 Å². The summed E-state index contributed by atoms with van der Waals surface area (Å²) in [5.41, 5.74) is 0. The maximum Gasteiger partial charge on any atom is 0.320 e. The van der Waals surface area contributed by atoms with Gasteiger partial charge in [0.1, 0.15) is 6.04 Å². The van der Waals surface area contributed by atoms with Crippen molar-refractivity contribution in [1.29, 1.82) is 5.26 Å². The van der Waals surface area contributed by atoms with Crippen LogP contribution in [0.3, 0.4) is 0 Å². The van der Waals surface area contributed by atoms with E-state index in [-0.39, 0.29) is 5.92 Å². The molecule has 0 spiro atoms. The van der Waals surface area contributed by atoms with Gasteiger partial charge >= 0.3 is 5.97 Å². The van der Waals surface area contributed by atoms with Crippen LogP contribution in [0.2, 0.25) is 0 Å². The van der Waals surface area contributed by atoms with Gasteiger partial charge in [0, 0.05) is 6.54 Å². The lowest BCUT2D eigenvalue weighted by Crippen LogP contribution is -2.43. The van der Waals surface area contributed by atoms with E-state index in [0.29, 0.717) is 19.5 Å². The Morgan fingerprint density at radius 2 is 2.12 bits per heavy atom. The fraction of sp³-hybridized carbons (Fsp3) is 0.833. The second-order valence-electron chi connectivity index (χ2n) is 4.11. The van der Waals surface area contributed by atoms with Crippen molar-refractivity contribution in [3.63, 3.8) is 0 Å². The number of carboxylic acids is 1. The molecule has 0 fully saturated rings. The van der Waals surface area contributed by atoms with Crippen molar-refractivity contribution in [2.45, 2.75) is 46.1 Å². The van der Waals surface area contributed by atoms with Gasteiger partial charge in [0.25, 0.3) is 0 Å². The summed E-state index contributed by atoms with van der Waals surface area (Å²) in [7, 11) is 0. The number of likely N-dealkylation sites (N-methyl/N-ethyl adjacent to an activating group) is 1. The van der Waals surface area contributed by atoms with Crippen LogP contribution in [0.1, 0.15) is 40.0 Å². The molecule has 0 amide bonds. The topological polar surface area (TPSA) is 64.3 Å². The number of rotatable bonds is 8. The Balaban J connectivity index is 4.46. The van der Waals surface area contributed by atoms with E-state index in [1.54, 1.807) is 0 Å². The summed E-state index contributed by atoms with van der Waals surface area (Å²) >= 11 is 0. The summed E-state index contributed by atoms with van der Waals surface area (Å²) < 4.78 is 0. The molecule has 0 aromatic heterocycles. The zero-order valence-corrected chi connectivity index (χ0v) is 10.4. The molecule has 2 atom stereocenters. The van der Waals surface area contributed by atoms with Crippen LogP contribution in [0, 0.1) is 17.2 Å². The minimum atomic E-state index is -0.777. The second-order valence-corrected chi connectivity index (χ2v) is 4.11. The van der Waals surface area contributed by atoms with Crippen LogP contribution >= 0.6 is 0 Å². The summed E-state index contributed by atoms with van der Waals surface area (Å²) in [6.45, 7) is 7.01. The van der Waals surface area contributed by atoms with Crippen LogP contribution in [-0.4, -0.2) is 35.1 Å². The Bertz CT molecular complexity index is 248. The first-order valence-corrected chi connectivity index (χ1v) is 5.93. The minimum Gasteiger partial charge on any atom is -0.480 e. The molecular weight excluding hydrogens is 204 g/mol. The Morgan fingerprint density at radius 3 is 2.50 bits per heavy atom. The highest BCUT2D eigenvalue weighted by Crippen LogP contribution is 2.11. The molecule has 0 bridgehead atoms. The van der Waals surface area contributed by atoms with Gasteiger partial charge in [-0.2, -0.15) is 5.26 Å². The van der Waals surface area contributed by atoms with Gasteiger partial charge < -0.3 is 5.11 Å². The van der Waals surface area contributed by atoms with Crippen molar-refractivity contribution < 1.29 is 9.90 Å². The molecule has 1 N–H and O–H groups in total. The van der Waals surface area contributed by atoms with Gasteiger partial charge in [-0.25, -0.2) is 0 Å². The van der Waals surface area contributed by atoms with E-state index in [1.807, 2.05) is 25.7 Å². The van der Waals surface area contributed by atoms with E-state index in [0.717, 1.165) is 12.8 Å². The summed E-state index contributed by atoms with van der Waals surface area (Å²) in [4.78, 5) is 13.0. The largest absolute Gasteiger partial charge is 0.480 e. The first-order valence-electron chi connectivity index (χ1n) is 5.93. The molecule has 0 radical (unpaired) electrons. The van der Waals surface area contributed by atoms with Gasteiger partial charge in [0.2, 0.25) is 0 Å². The highest BCUT2D eigenvalue weighted by Gasteiger charge is 2.24. The molecule has 0 rings (SSSR count). The first kappa shape index (κ1) is 14.9. The number of unbranched alkanes of at least 4 members (excludes halogenated alkanes) is 1. The number of hydrogen-bond acceptors (Lipinski definition) is 3. The van der Waals surface area contributed by atoms with E-state index < -0.39 is 12.0 Å². The predicted octanol–water partition coefficient (Wildman–Crippen LogP) is 2.11. The molecule has 92 valence electrons. The van der Waals surface area contributed by atoms with Gasteiger partial charge in [-0.15, -0.1) is 0 Å². The van der Waals surface area contributed by atoms with E-state index in [9.17, 15) is 4.79 Å². The van der Waals surface area contributed by atoms with Gasteiger partial charge in [0.15, 0.2) is 0 Å². The van der Waals surface area contributed by atoms with Crippen molar-refractivity contribution in [1.82, 2.24) is 4.90 Å². The Labute approximate surface area is 97.9 Å². The second kappa shape index (κ2) is 8.12. The van der Waals surface area contributed by atoms with Crippen LogP contribution in [0.15, 0.2) is 0 Å². The van der Waals surface area contributed by atoms with Crippen molar-refractivity contribution >= 4 is 5.97 Å². The number of nitriles is 1. The molecule has 16 heavy (non-hydrogen) atoms. The van der Waals surface area contributed by atoms with E-state index in [2.05, 4.69) is 6.07 Å². The molecule has 2 unspecified atom stereocenters. The molecule has 0 saturated carbocycles. The lowest BCUT2D eigenvalue weighted by Gasteiger charge is -2.28. The smallest absolute Gasteiger partial charge is 0.320 e. The molecule has 0 aromatic carbocycles. The molecule has 0 aliphatic heterocycles. The van der Waals surface area contributed by atoms with Crippen LogP contribution < -0.4 is 0 Å². The quantitative estimate of drug-likeness (QED) is 0.688. The normalized spacial score (nSPS) is 14.4. The molecule has 0 aliphatic carbocycles. The van der Waals surface area contributed by atoms with Crippen molar-refractivity contribution in [2.24, 2.45) is 5.92 Å². The summed E-state index contributed by atoms with van der Waals surface area (Å²) in [5.74, 6) is -0.899.